The number of aliphatic imine (C=N–C) groups is 1. The summed E-state index contributed by atoms with van der Waals surface area (Å²) in [6.45, 7) is 5.78. The Hall–Kier alpha value is -1.15. The highest BCUT2D eigenvalue weighted by Gasteiger charge is 2.06. The van der Waals surface area contributed by atoms with Gasteiger partial charge in [-0.15, -0.1) is 35.3 Å². The third-order valence-electron chi connectivity index (χ3n) is 3.03. The second kappa shape index (κ2) is 9.78. The molecule has 120 valence electrons. The first-order valence-corrected chi connectivity index (χ1v) is 7.99. The number of thiazole rings is 1. The summed E-state index contributed by atoms with van der Waals surface area (Å²) in [7, 11) is 1.78. The molecular formula is C16H23IN4S. The molecule has 2 rings (SSSR count). The summed E-state index contributed by atoms with van der Waals surface area (Å²) in [6, 6.07) is 10.3. The first kappa shape index (κ1) is 18.9. The van der Waals surface area contributed by atoms with Crippen LogP contribution in [0, 0.1) is 0 Å². The van der Waals surface area contributed by atoms with E-state index in [9.17, 15) is 0 Å². The van der Waals surface area contributed by atoms with Crippen molar-refractivity contribution in [3.8, 4) is 0 Å². The topological polar surface area (TPSA) is 49.3 Å². The Balaban J connectivity index is 0.00000242. The van der Waals surface area contributed by atoms with E-state index in [1.807, 2.05) is 18.2 Å². The Labute approximate surface area is 153 Å². The summed E-state index contributed by atoms with van der Waals surface area (Å²) in [5.74, 6) is 1.28. The molecule has 0 atom stereocenters. The lowest BCUT2D eigenvalue weighted by Gasteiger charge is -2.11. The van der Waals surface area contributed by atoms with E-state index < -0.39 is 0 Å². The zero-order valence-electron chi connectivity index (χ0n) is 13.2. The van der Waals surface area contributed by atoms with Gasteiger partial charge in [0.2, 0.25) is 0 Å². The van der Waals surface area contributed by atoms with Crippen LogP contribution in [0.3, 0.4) is 0 Å². The third-order valence-corrected chi connectivity index (χ3v) is 4.22. The average Bonchev–Trinajstić information content (AvgIpc) is 2.98. The van der Waals surface area contributed by atoms with Crippen molar-refractivity contribution >= 4 is 41.3 Å². The molecule has 0 fully saturated rings. The summed E-state index contributed by atoms with van der Waals surface area (Å²) in [5.41, 5.74) is 2.29. The van der Waals surface area contributed by atoms with Crippen LogP contribution >= 0.6 is 35.3 Å². The zero-order chi connectivity index (χ0) is 15.1. The number of benzene rings is 1. The molecule has 0 bridgehead atoms. The van der Waals surface area contributed by atoms with Crippen LogP contribution in [0.2, 0.25) is 0 Å². The second-order valence-electron chi connectivity index (χ2n) is 5.10. The number of rotatable bonds is 5. The zero-order valence-corrected chi connectivity index (χ0v) is 16.3. The maximum Gasteiger partial charge on any atom is 0.191 e. The van der Waals surface area contributed by atoms with Crippen molar-refractivity contribution in [2.24, 2.45) is 4.99 Å². The molecule has 0 aliphatic heterocycles. The van der Waals surface area contributed by atoms with E-state index in [4.69, 9.17) is 0 Å². The highest BCUT2D eigenvalue weighted by molar-refractivity contribution is 14.0. The van der Waals surface area contributed by atoms with Crippen LogP contribution < -0.4 is 10.6 Å². The van der Waals surface area contributed by atoms with Gasteiger partial charge < -0.3 is 10.6 Å². The fourth-order valence-corrected chi connectivity index (χ4v) is 2.68. The van der Waals surface area contributed by atoms with E-state index in [1.165, 1.54) is 10.6 Å². The normalized spacial score (nSPS) is 11.2. The molecule has 1 aromatic carbocycles. The van der Waals surface area contributed by atoms with Crippen molar-refractivity contribution in [2.45, 2.75) is 32.9 Å². The lowest BCUT2D eigenvalue weighted by Crippen LogP contribution is -2.36. The molecule has 0 aliphatic carbocycles. The van der Waals surface area contributed by atoms with Crippen molar-refractivity contribution in [2.75, 3.05) is 7.05 Å². The average molecular weight is 430 g/mol. The first-order chi connectivity index (χ1) is 10.2. The van der Waals surface area contributed by atoms with E-state index in [0.29, 0.717) is 12.5 Å². The highest BCUT2D eigenvalue weighted by atomic mass is 127. The van der Waals surface area contributed by atoms with Crippen LogP contribution in [0.15, 0.2) is 40.7 Å². The molecule has 0 saturated carbocycles. The van der Waals surface area contributed by atoms with Crippen LogP contribution in [0.25, 0.3) is 0 Å². The van der Waals surface area contributed by atoms with Gasteiger partial charge in [0.15, 0.2) is 5.96 Å². The molecule has 22 heavy (non-hydrogen) atoms. The number of guanidine groups is 1. The molecule has 0 aliphatic rings. The lowest BCUT2D eigenvalue weighted by molar-refractivity contribution is 0.783. The molecular weight excluding hydrogens is 407 g/mol. The smallest absolute Gasteiger partial charge is 0.191 e. The Morgan fingerprint density at radius 2 is 1.86 bits per heavy atom. The van der Waals surface area contributed by atoms with E-state index in [1.54, 1.807) is 18.4 Å². The van der Waals surface area contributed by atoms with Gasteiger partial charge >= 0.3 is 0 Å². The van der Waals surface area contributed by atoms with Gasteiger partial charge in [-0.3, -0.25) is 4.99 Å². The van der Waals surface area contributed by atoms with Crippen molar-refractivity contribution < 1.29 is 0 Å². The molecule has 1 aromatic heterocycles. The molecule has 4 nitrogen and oxygen atoms in total. The summed E-state index contributed by atoms with van der Waals surface area (Å²) in [4.78, 5) is 8.84. The third kappa shape index (κ3) is 5.92. The summed E-state index contributed by atoms with van der Waals surface area (Å²) in [6.07, 6.45) is 0. The highest BCUT2D eigenvalue weighted by Crippen LogP contribution is 2.18. The number of hydrogen-bond donors (Lipinski definition) is 2. The van der Waals surface area contributed by atoms with E-state index in [0.717, 1.165) is 18.2 Å². The number of nitrogens with one attached hydrogen (secondary N) is 2. The predicted octanol–water partition coefficient (Wildman–Crippen LogP) is 3.75. The van der Waals surface area contributed by atoms with E-state index in [2.05, 4.69) is 52.0 Å². The van der Waals surface area contributed by atoms with Gasteiger partial charge in [-0.05, 0) is 5.56 Å². The minimum absolute atomic E-state index is 0. The number of aromatic nitrogens is 1. The van der Waals surface area contributed by atoms with Crippen molar-refractivity contribution in [3.63, 3.8) is 0 Å². The monoisotopic (exact) mass is 430 g/mol. The molecule has 0 unspecified atom stereocenters. The van der Waals surface area contributed by atoms with Crippen molar-refractivity contribution in [1.82, 2.24) is 15.6 Å². The Morgan fingerprint density at radius 3 is 2.45 bits per heavy atom. The molecule has 2 aromatic rings. The molecule has 0 saturated heterocycles. The minimum atomic E-state index is 0. The minimum Gasteiger partial charge on any atom is -0.352 e. The molecule has 0 amide bonds. The number of hydrogen-bond acceptors (Lipinski definition) is 3. The van der Waals surface area contributed by atoms with Crippen LogP contribution in [-0.2, 0) is 13.1 Å². The van der Waals surface area contributed by atoms with E-state index >= 15 is 0 Å². The fraction of sp³-hybridized carbons (Fsp3) is 0.375. The van der Waals surface area contributed by atoms with Crippen molar-refractivity contribution in [1.29, 1.82) is 0 Å². The molecule has 6 heteroatoms. The van der Waals surface area contributed by atoms with Gasteiger partial charge in [0.1, 0.15) is 0 Å². The molecule has 0 spiro atoms. The Bertz CT molecular complexity index is 581. The molecule has 1 heterocycles. The summed E-state index contributed by atoms with van der Waals surface area (Å²) < 4.78 is 0. The van der Waals surface area contributed by atoms with E-state index in [-0.39, 0.29) is 24.0 Å². The summed E-state index contributed by atoms with van der Waals surface area (Å²) >= 11 is 1.72. The van der Waals surface area contributed by atoms with Gasteiger partial charge in [0.25, 0.3) is 0 Å². The van der Waals surface area contributed by atoms with Gasteiger partial charge in [0, 0.05) is 24.9 Å². The number of nitrogens with zero attached hydrogens (tertiary/aromatic N) is 2. The Morgan fingerprint density at radius 1 is 1.18 bits per heavy atom. The second-order valence-corrected chi connectivity index (χ2v) is 5.99. The fourth-order valence-electron chi connectivity index (χ4n) is 1.85. The maximum absolute atomic E-state index is 4.61. The first-order valence-electron chi connectivity index (χ1n) is 7.11. The largest absolute Gasteiger partial charge is 0.352 e. The van der Waals surface area contributed by atoms with Gasteiger partial charge in [-0.1, -0.05) is 44.2 Å². The maximum atomic E-state index is 4.61. The van der Waals surface area contributed by atoms with Crippen LogP contribution in [0.1, 0.15) is 36.0 Å². The molecule has 0 radical (unpaired) electrons. The lowest BCUT2D eigenvalue weighted by atomic mass is 10.2. The SMILES string of the molecule is CN=C(NCc1ccccc1)NCc1csc(C(C)C)n1.I. The quantitative estimate of drug-likeness (QED) is 0.432. The van der Waals surface area contributed by atoms with Gasteiger partial charge in [-0.2, -0.15) is 0 Å². The van der Waals surface area contributed by atoms with Crippen LogP contribution in [0.5, 0.6) is 0 Å². The Kier molecular flexibility index (Phi) is 8.40. The standard InChI is InChI=1S/C16H22N4S.HI/c1-12(2)15-20-14(11-21-15)10-19-16(17-3)18-9-13-7-5-4-6-8-13;/h4-8,11-12H,9-10H2,1-3H3,(H2,17,18,19);1H. The van der Waals surface area contributed by atoms with Crippen LogP contribution in [-0.4, -0.2) is 18.0 Å². The summed E-state index contributed by atoms with van der Waals surface area (Å²) in [5, 5.41) is 9.87. The van der Waals surface area contributed by atoms with Gasteiger partial charge in [-0.25, -0.2) is 4.98 Å². The number of halogens is 1. The predicted molar refractivity (Wildman–Crippen MR) is 105 cm³/mol. The molecule has 2 N–H and O–H groups in total. The van der Waals surface area contributed by atoms with Gasteiger partial charge in [0.05, 0.1) is 17.2 Å². The van der Waals surface area contributed by atoms with Crippen LogP contribution in [0.4, 0.5) is 0 Å². The van der Waals surface area contributed by atoms with Crippen molar-refractivity contribution in [3.05, 3.63) is 52.0 Å².